The first-order chi connectivity index (χ1) is 12.4. The molecule has 2 N–H and O–H groups in total. The average molecular weight is 390 g/mol. The second kappa shape index (κ2) is 7.72. The second-order valence-corrected chi connectivity index (χ2v) is 7.18. The van der Waals surface area contributed by atoms with E-state index in [1.807, 2.05) is 32.0 Å². The van der Waals surface area contributed by atoms with Gasteiger partial charge in [-0.1, -0.05) is 29.8 Å². The van der Waals surface area contributed by atoms with E-state index >= 15 is 0 Å². The summed E-state index contributed by atoms with van der Waals surface area (Å²) in [7, 11) is 0. The Kier molecular flexibility index (Phi) is 5.39. The minimum absolute atomic E-state index is 0.113. The topological polar surface area (TPSA) is 84.1 Å². The Bertz CT molecular complexity index is 993. The SMILES string of the molecule is Cc1nc(NC(=O)c2cc(=O)c(OCc3ccccc3Cl)c[nH]2)sc1C. The molecule has 3 aromatic rings. The van der Waals surface area contributed by atoms with Crippen LogP contribution in [0.1, 0.15) is 26.6 Å². The normalized spacial score (nSPS) is 10.6. The fraction of sp³-hybridized carbons (Fsp3) is 0.167. The maximum atomic E-state index is 12.2. The number of pyridine rings is 1. The number of benzene rings is 1. The molecule has 0 aliphatic heterocycles. The summed E-state index contributed by atoms with van der Waals surface area (Å²) in [4.78, 5) is 32.5. The molecule has 0 spiro atoms. The van der Waals surface area contributed by atoms with Crippen LogP contribution in [0.15, 0.2) is 41.3 Å². The lowest BCUT2D eigenvalue weighted by molar-refractivity contribution is 0.102. The summed E-state index contributed by atoms with van der Waals surface area (Å²) >= 11 is 7.44. The lowest BCUT2D eigenvalue weighted by Crippen LogP contribution is -2.17. The molecular weight excluding hydrogens is 374 g/mol. The number of nitrogens with zero attached hydrogens (tertiary/aromatic N) is 1. The van der Waals surface area contributed by atoms with E-state index in [1.54, 1.807) is 6.07 Å². The molecule has 2 aromatic heterocycles. The Balaban J connectivity index is 1.69. The molecule has 0 atom stereocenters. The number of nitrogens with one attached hydrogen (secondary N) is 2. The molecule has 0 bridgehead atoms. The number of halogens is 1. The second-order valence-electron chi connectivity index (χ2n) is 5.57. The number of hydrogen-bond donors (Lipinski definition) is 2. The molecular formula is C18H16ClN3O3S. The van der Waals surface area contributed by atoms with Gasteiger partial charge in [0, 0.05) is 27.7 Å². The highest BCUT2D eigenvalue weighted by Crippen LogP contribution is 2.21. The van der Waals surface area contributed by atoms with Crippen molar-refractivity contribution in [1.82, 2.24) is 9.97 Å². The predicted molar refractivity (Wildman–Crippen MR) is 102 cm³/mol. The van der Waals surface area contributed by atoms with Crippen LogP contribution in [0.4, 0.5) is 5.13 Å². The van der Waals surface area contributed by atoms with E-state index in [0.29, 0.717) is 10.2 Å². The number of H-pyrrole nitrogens is 1. The van der Waals surface area contributed by atoms with E-state index in [0.717, 1.165) is 16.1 Å². The molecule has 0 aliphatic carbocycles. The summed E-state index contributed by atoms with van der Waals surface area (Å²) in [6.07, 6.45) is 1.37. The summed E-state index contributed by atoms with van der Waals surface area (Å²) in [5, 5.41) is 3.73. The largest absolute Gasteiger partial charge is 0.483 e. The predicted octanol–water partition coefficient (Wildman–Crippen LogP) is 3.93. The summed E-state index contributed by atoms with van der Waals surface area (Å²) in [5.41, 5.74) is 1.37. The van der Waals surface area contributed by atoms with E-state index in [2.05, 4.69) is 15.3 Å². The van der Waals surface area contributed by atoms with Crippen LogP contribution in [0.5, 0.6) is 5.75 Å². The van der Waals surface area contributed by atoms with E-state index < -0.39 is 11.3 Å². The minimum atomic E-state index is -0.437. The Morgan fingerprint density at radius 3 is 2.77 bits per heavy atom. The number of amides is 1. The van der Waals surface area contributed by atoms with Crippen LogP contribution in [0, 0.1) is 13.8 Å². The van der Waals surface area contributed by atoms with Crippen molar-refractivity contribution in [3.8, 4) is 5.75 Å². The van der Waals surface area contributed by atoms with Crippen LogP contribution < -0.4 is 15.5 Å². The van der Waals surface area contributed by atoms with Crippen molar-refractivity contribution in [2.24, 2.45) is 0 Å². The number of aromatic amines is 1. The maximum absolute atomic E-state index is 12.2. The smallest absolute Gasteiger partial charge is 0.273 e. The molecule has 8 heteroatoms. The molecule has 1 amide bonds. The Labute approximate surface area is 158 Å². The van der Waals surface area contributed by atoms with Gasteiger partial charge in [-0.25, -0.2) is 4.98 Å². The van der Waals surface area contributed by atoms with Gasteiger partial charge in [-0.3, -0.25) is 14.9 Å². The van der Waals surface area contributed by atoms with Crippen LogP contribution in [-0.4, -0.2) is 15.9 Å². The van der Waals surface area contributed by atoms with Gasteiger partial charge in [0.05, 0.1) is 5.69 Å². The molecule has 2 heterocycles. The standard InChI is InChI=1S/C18H16ClN3O3S/c1-10-11(2)26-18(21-10)22-17(24)14-7-15(23)16(8-20-14)25-9-12-5-3-4-6-13(12)19/h3-8H,9H2,1-2H3,(H,20,23)(H,21,22,24). The number of aromatic nitrogens is 2. The van der Waals surface area contributed by atoms with Crippen molar-refractivity contribution in [3.63, 3.8) is 0 Å². The number of carbonyl (C=O) groups is 1. The third-order valence-corrected chi connectivity index (χ3v) is 5.07. The van der Waals surface area contributed by atoms with Crippen LogP contribution >= 0.6 is 22.9 Å². The molecule has 26 heavy (non-hydrogen) atoms. The summed E-state index contributed by atoms with van der Waals surface area (Å²) in [5.74, 6) is -0.323. The zero-order valence-corrected chi connectivity index (χ0v) is 15.7. The highest BCUT2D eigenvalue weighted by Gasteiger charge is 2.13. The van der Waals surface area contributed by atoms with Crippen molar-refractivity contribution in [2.75, 3.05) is 5.32 Å². The molecule has 0 fully saturated rings. The highest BCUT2D eigenvalue weighted by molar-refractivity contribution is 7.15. The number of anilines is 1. The first kappa shape index (κ1) is 18.2. The zero-order chi connectivity index (χ0) is 18.7. The number of hydrogen-bond acceptors (Lipinski definition) is 5. The van der Waals surface area contributed by atoms with E-state index in [-0.39, 0.29) is 18.1 Å². The lowest BCUT2D eigenvalue weighted by Gasteiger charge is -2.08. The van der Waals surface area contributed by atoms with Gasteiger partial charge in [-0.15, -0.1) is 11.3 Å². The maximum Gasteiger partial charge on any atom is 0.273 e. The molecule has 0 saturated carbocycles. The third kappa shape index (κ3) is 4.12. The van der Waals surface area contributed by atoms with Gasteiger partial charge in [-0.2, -0.15) is 0 Å². The Morgan fingerprint density at radius 1 is 1.35 bits per heavy atom. The Hall–Kier alpha value is -2.64. The van der Waals surface area contributed by atoms with Crippen LogP contribution in [-0.2, 0) is 6.61 Å². The molecule has 0 unspecified atom stereocenters. The van der Waals surface area contributed by atoms with Gasteiger partial charge < -0.3 is 9.72 Å². The zero-order valence-electron chi connectivity index (χ0n) is 14.1. The van der Waals surface area contributed by atoms with Crippen molar-refractivity contribution in [2.45, 2.75) is 20.5 Å². The molecule has 3 rings (SSSR count). The summed E-state index contributed by atoms with van der Waals surface area (Å²) in [6.45, 7) is 3.95. The van der Waals surface area contributed by atoms with Crippen molar-refractivity contribution < 1.29 is 9.53 Å². The van der Waals surface area contributed by atoms with Crippen LogP contribution in [0.2, 0.25) is 5.02 Å². The quantitative estimate of drug-likeness (QED) is 0.692. The van der Waals surface area contributed by atoms with E-state index in [1.165, 1.54) is 23.6 Å². The molecule has 0 saturated heterocycles. The number of aryl methyl sites for hydroxylation is 2. The van der Waals surface area contributed by atoms with Gasteiger partial charge in [0.1, 0.15) is 12.3 Å². The fourth-order valence-corrected chi connectivity index (χ4v) is 3.16. The third-order valence-electron chi connectivity index (χ3n) is 3.71. The van der Waals surface area contributed by atoms with Gasteiger partial charge in [-0.05, 0) is 19.9 Å². The lowest BCUT2D eigenvalue weighted by atomic mass is 10.2. The fourth-order valence-electron chi connectivity index (χ4n) is 2.16. The van der Waals surface area contributed by atoms with E-state index in [4.69, 9.17) is 16.3 Å². The Morgan fingerprint density at radius 2 is 2.12 bits per heavy atom. The molecule has 1 aromatic carbocycles. The van der Waals surface area contributed by atoms with Gasteiger partial charge in [0.25, 0.3) is 5.91 Å². The molecule has 134 valence electrons. The number of ether oxygens (including phenoxy) is 1. The highest BCUT2D eigenvalue weighted by atomic mass is 35.5. The monoisotopic (exact) mass is 389 g/mol. The summed E-state index contributed by atoms with van der Waals surface area (Å²) < 4.78 is 5.51. The average Bonchev–Trinajstić information content (AvgIpc) is 2.92. The molecule has 6 nitrogen and oxygen atoms in total. The van der Waals surface area contributed by atoms with Crippen molar-refractivity contribution >= 4 is 34.0 Å². The van der Waals surface area contributed by atoms with Crippen molar-refractivity contribution in [1.29, 1.82) is 0 Å². The first-order valence-corrected chi connectivity index (χ1v) is 8.98. The minimum Gasteiger partial charge on any atom is -0.483 e. The molecule has 0 aliphatic rings. The van der Waals surface area contributed by atoms with Crippen molar-refractivity contribution in [3.05, 3.63) is 73.6 Å². The summed E-state index contributed by atoms with van der Waals surface area (Å²) in [6, 6.07) is 8.42. The van der Waals surface area contributed by atoms with Crippen LogP contribution in [0.3, 0.4) is 0 Å². The van der Waals surface area contributed by atoms with Gasteiger partial charge in [0.2, 0.25) is 5.43 Å². The number of rotatable bonds is 5. The number of carbonyl (C=O) groups excluding carboxylic acids is 1. The van der Waals surface area contributed by atoms with E-state index in [9.17, 15) is 9.59 Å². The van der Waals surface area contributed by atoms with Gasteiger partial charge >= 0.3 is 0 Å². The molecule has 0 radical (unpaired) electrons. The van der Waals surface area contributed by atoms with Crippen LogP contribution in [0.25, 0.3) is 0 Å². The number of thiazole rings is 1. The first-order valence-electron chi connectivity index (χ1n) is 7.78. The van der Waals surface area contributed by atoms with Gasteiger partial charge in [0.15, 0.2) is 10.9 Å².